The minimum absolute atomic E-state index is 0.200. The second-order valence-electron chi connectivity index (χ2n) is 3.92. The molecule has 94 valence electrons. The van der Waals surface area contributed by atoms with Crippen LogP contribution in [0.3, 0.4) is 0 Å². The van der Waals surface area contributed by atoms with Gasteiger partial charge in [-0.15, -0.1) is 0 Å². The van der Waals surface area contributed by atoms with Crippen LogP contribution in [0.1, 0.15) is 5.56 Å². The van der Waals surface area contributed by atoms with Crippen molar-refractivity contribution in [2.75, 3.05) is 30.0 Å². The normalized spacial score (nSPS) is 10.1. The number of hydrogen-bond acceptors (Lipinski definition) is 7. The highest BCUT2D eigenvalue weighted by Gasteiger charge is 2.05. The Labute approximate surface area is 105 Å². The van der Waals surface area contributed by atoms with E-state index in [0.29, 0.717) is 18.4 Å². The Kier molecular flexibility index (Phi) is 3.52. The van der Waals surface area contributed by atoms with Gasteiger partial charge in [0.15, 0.2) is 0 Å². The van der Waals surface area contributed by atoms with Gasteiger partial charge in [0.2, 0.25) is 17.8 Å². The number of nitrogens with one attached hydrogen (secondary N) is 1. The van der Waals surface area contributed by atoms with Gasteiger partial charge in [0.1, 0.15) is 0 Å². The Balaban J connectivity index is 2.10. The third kappa shape index (κ3) is 3.03. The van der Waals surface area contributed by atoms with Crippen LogP contribution < -0.4 is 16.0 Å². The van der Waals surface area contributed by atoms with Gasteiger partial charge in [0.05, 0.1) is 0 Å². The molecule has 0 saturated carbocycles. The molecule has 0 aromatic carbocycles. The van der Waals surface area contributed by atoms with Crippen LogP contribution in [0, 0.1) is 0 Å². The molecule has 0 aliphatic heterocycles. The molecule has 18 heavy (non-hydrogen) atoms. The van der Waals surface area contributed by atoms with Crippen molar-refractivity contribution in [3.8, 4) is 0 Å². The molecule has 7 nitrogen and oxygen atoms in total. The summed E-state index contributed by atoms with van der Waals surface area (Å²) >= 11 is 0. The summed E-state index contributed by atoms with van der Waals surface area (Å²) in [5.41, 5.74) is 6.72. The molecule has 0 amide bonds. The Morgan fingerprint density at radius 3 is 2.56 bits per heavy atom. The molecule has 0 radical (unpaired) electrons. The number of hydrogen-bond donors (Lipinski definition) is 2. The third-order valence-corrected chi connectivity index (χ3v) is 2.24. The highest BCUT2D eigenvalue weighted by molar-refractivity contribution is 5.41. The lowest BCUT2D eigenvalue weighted by Gasteiger charge is -2.12. The van der Waals surface area contributed by atoms with Gasteiger partial charge in [-0.25, -0.2) is 0 Å². The van der Waals surface area contributed by atoms with Crippen molar-refractivity contribution in [3.63, 3.8) is 0 Å². The third-order valence-electron chi connectivity index (χ3n) is 2.24. The van der Waals surface area contributed by atoms with Gasteiger partial charge in [0, 0.05) is 33.0 Å². The smallest absolute Gasteiger partial charge is 0.231 e. The van der Waals surface area contributed by atoms with Gasteiger partial charge in [0.25, 0.3) is 0 Å². The molecular weight excluding hydrogens is 230 g/mol. The number of rotatable bonds is 4. The van der Waals surface area contributed by atoms with E-state index in [1.807, 2.05) is 26.2 Å². The van der Waals surface area contributed by atoms with E-state index < -0.39 is 0 Å². The highest BCUT2D eigenvalue weighted by Crippen LogP contribution is 2.10. The van der Waals surface area contributed by atoms with E-state index in [4.69, 9.17) is 5.73 Å². The topological polar surface area (TPSA) is 92.9 Å². The number of pyridine rings is 1. The monoisotopic (exact) mass is 245 g/mol. The molecular formula is C11H15N7. The van der Waals surface area contributed by atoms with E-state index in [1.165, 1.54) is 0 Å². The first-order valence-corrected chi connectivity index (χ1v) is 5.47. The van der Waals surface area contributed by atoms with Gasteiger partial charge >= 0.3 is 0 Å². The van der Waals surface area contributed by atoms with E-state index in [1.54, 1.807) is 17.3 Å². The molecule has 2 aromatic heterocycles. The zero-order valence-corrected chi connectivity index (χ0v) is 10.3. The molecule has 2 heterocycles. The molecule has 0 unspecified atom stereocenters. The maximum Gasteiger partial charge on any atom is 0.231 e. The van der Waals surface area contributed by atoms with E-state index >= 15 is 0 Å². The summed E-state index contributed by atoms with van der Waals surface area (Å²) in [6.45, 7) is 0.610. The van der Waals surface area contributed by atoms with Gasteiger partial charge < -0.3 is 16.0 Å². The average Bonchev–Trinajstić information content (AvgIpc) is 2.37. The van der Waals surface area contributed by atoms with Crippen molar-refractivity contribution >= 4 is 17.8 Å². The highest BCUT2D eigenvalue weighted by atomic mass is 15.3. The summed E-state index contributed by atoms with van der Waals surface area (Å²) in [5, 5.41) is 3.10. The first-order chi connectivity index (χ1) is 8.65. The summed E-state index contributed by atoms with van der Waals surface area (Å²) in [4.78, 5) is 18.0. The van der Waals surface area contributed by atoms with E-state index in [2.05, 4.69) is 25.3 Å². The van der Waals surface area contributed by atoms with E-state index in [0.717, 1.165) is 5.56 Å². The zero-order valence-electron chi connectivity index (χ0n) is 10.3. The van der Waals surface area contributed by atoms with Crippen molar-refractivity contribution < 1.29 is 0 Å². The predicted octanol–water partition coefficient (Wildman–Crippen LogP) is 0.527. The fourth-order valence-corrected chi connectivity index (χ4v) is 1.34. The Bertz CT molecular complexity index is 512. The van der Waals surface area contributed by atoms with Crippen molar-refractivity contribution in [2.24, 2.45) is 0 Å². The lowest BCUT2D eigenvalue weighted by molar-refractivity contribution is 0.949. The van der Waals surface area contributed by atoms with Crippen molar-refractivity contribution in [1.82, 2.24) is 19.9 Å². The van der Waals surface area contributed by atoms with Crippen LogP contribution in [0.5, 0.6) is 0 Å². The fraction of sp³-hybridized carbons (Fsp3) is 0.273. The molecule has 0 saturated heterocycles. The number of nitrogens with two attached hydrogens (primary N) is 1. The Morgan fingerprint density at radius 2 is 1.89 bits per heavy atom. The van der Waals surface area contributed by atoms with Crippen molar-refractivity contribution in [2.45, 2.75) is 6.54 Å². The standard InChI is InChI=1S/C11H15N7/c1-18(2)11-16-9(12)15-10(17-11)14-7-8-3-5-13-6-4-8/h3-6H,7H2,1-2H3,(H3,12,14,15,16,17). The number of aromatic nitrogens is 4. The van der Waals surface area contributed by atoms with E-state index in [-0.39, 0.29) is 5.95 Å². The quantitative estimate of drug-likeness (QED) is 0.811. The second kappa shape index (κ2) is 5.26. The molecule has 0 atom stereocenters. The van der Waals surface area contributed by atoms with Gasteiger partial charge in [-0.3, -0.25) is 4.98 Å². The van der Waals surface area contributed by atoms with Crippen LogP contribution in [-0.4, -0.2) is 34.0 Å². The molecule has 3 N–H and O–H groups in total. The van der Waals surface area contributed by atoms with Crippen LogP contribution in [0.15, 0.2) is 24.5 Å². The summed E-state index contributed by atoms with van der Waals surface area (Å²) in [5.74, 6) is 1.19. The Hall–Kier alpha value is -2.44. The lowest BCUT2D eigenvalue weighted by Crippen LogP contribution is -2.16. The molecule has 7 heteroatoms. The van der Waals surface area contributed by atoms with Crippen LogP contribution >= 0.6 is 0 Å². The maximum absolute atomic E-state index is 5.63. The lowest BCUT2D eigenvalue weighted by atomic mass is 10.3. The fourth-order valence-electron chi connectivity index (χ4n) is 1.34. The molecule has 2 rings (SSSR count). The molecule has 2 aromatic rings. The van der Waals surface area contributed by atoms with Gasteiger partial charge in [-0.05, 0) is 17.7 Å². The number of nitrogen functional groups attached to an aromatic ring is 1. The summed E-state index contributed by atoms with van der Waals surface area (Å²) < 4.78 is 0. The minimum Gasteiger partial charge on any atom is -0.368 e. The van der Waals surface area contributed by atoms with Gasteiger partial charge in [-0.1, -0.05) is 0 Å². The molecule has 0 bridgehead atoms. The predicted molar refractivity (Wildman–Crippen MR) is 70.1 cm³/mol. The molecule has 0 aliphatic rings. The van der Waals surface area contributed by atoms with Crippen LogP contribution in [-0.2, 0) is 6.54 Å². The SMILES string of the molecule is CN(C)c1nc(N)nc(NCc2ccncc2)n1. The van der Waals surface area contributed by atoms with E-state index in [9.17, 15) is 0 Å². The second-order valence-corrected chi connectivity index (χ2v) is 3.92. The summed E-state index contributed by atoms with van der Waals surface area (Å²) in [7, 11) is 3.70. The summed E-state index contributed by atoms with van der Waals surface area (Å²) in [6.07, 6.45) is 3.48. The molecule has 0 spiro atoms. The zero-order chi connectivity index (χ0) is 13.0. The average molecular weight is 245 g/mol. The van der Waals surface area contributed by atoms with Crippen LogP contribution in [0.2, 0.25) is 0 Å². The number of anilines is 3. The minimum atomic E-state index is 0.200. The van der Waals surface area contributed by atoms with Crippen molar-refractivity contribution in [3.05, 3.63) is 30.1 Å². The van der Waals surface area contributed by atoms with Crippen LogP contribution in [0.4, 0.5) is 17.8 Å². The summed E-state index contributed by atoms with van der Waals surface area (Å²) in [6, 6.07) is 3.84. The molecule has 0 aliphatic carbocycles. The molecule has 0 fully saturated rings. The van der Waals surface area contributed by atoms with Crippen molar-refractivity contribution in [1.29, 1.82) is 0 Å². The number of nitrogens with zero attached hydrogens (tertiary/aromatic N) is 5. The first kappa shape index (κ1) is 12.0. The maximum atomic E-state index is 5.63. The Morgan fingerprint density at radius 1 is 1.17 bits per heavy atom. The first-order valence-electron chi connectivity index (χ1n) is 5.47. The largest absolute Gasteiger partial charge is 0.368 e. The van der Waals surface area contributed by atoms with Crippen LogP contribution in [0.25, 0.3) is 0 Å². The van der Waals surface area contributed by atoms with Gasteiger partial charge in [-0.2, -0.15) is 15.0 Å².